The van der Waals surface area contributed by atoms with Crippen molar-refractivity contribution in [3.63, 3.8) is 0 Å². The van der Waals surface area contributed by atoms with Gasteiger partial charge in [0, 0.05) is 16.7 Å². The van der Waals surface area contributed by atoms with Gasteiger partial charge in [0.25, 0.3) is 0 Å². The Morgan fingerprint density at radius 3 is 2.91 bits per heavy atom. The van der Waals surface area contributed by atoms with Gasteiger partial charge in [-0.3, -0.25) is 4.40 Å². The predicted molar refractivity (Wildman–Crippen MR) is 92.4 cm³/mol. The van der Waals surface area contributed by atoms with Crippen LogP contribution in [0.25, 0.3) is 17.0 Å². The number of rotatable bonds is 3. The summed E-state index contributed by atoms with van der Waals surface area (Å²) in [6.45, 7) is 0. The zero-order valence-corrected chi connectivity index (χ0v) is 14.1. The van der Waals surface area contributed by atoms with E-state index in [2.05, 4.69) is 26.2 Å². The molecule has 1 aliphatic rings. The number of fused-ring (bicyclic) bond motifs is 1. The Hall–Kier alpha value is -1.59. The first kappa shape index (κ1) is 14.0. The van der Waals surface area contributed by atoms with Crippen molar-refractivity contribution >= 4 is 39.0 Å². The van der Waals surface area contributed by atoms with Gasteiger partial charge in [0.05, 0.1) is 22.6 Å². The number of anilines is 1. The lowest BCUT2D eigenvalue weighted by Crippen LogP contribution is -2.27. The van der Waals surface area contributed by atoms with E-state index in [1.54, 1.807) is 0 Å². The van der Waals surface area contributed by atoms with Crippen molar-refractivity contribution in [2.75, 3.05) is 5.32 Å². The first-order valence-corrected chi connectivity index (χ1v) is 8.43. The van der Waals surface area contributed by atoms with Gasteiger partial charge in [0.15, 0.2) is 0 Å². The van der Waals surface area contributed by atoms with E-state index in [0.717, 1.165) is 27.3 Å². The SMILES string of the molecule is Clc1ccc2ncc(-c3cc(Br)cc(NC4CCC4)n3)n2c1. The number of nitrogens with zero attached hydrogens (tertiary/aromatic N) is 3. The van der Waals surface area contributed by atoms with Crippen molar-refractivity contribution in [2.24, 2.45) is 0 Å². The monoisotopic (exact) mass is 376 g/mol. The van der Waals surface area contributed by atoms with Crippen molar-refractivity contribution in [1.82, 2.24) is 14.4 Å². The molecule has 0 aromatic carbocycles. The Bertz CT molecular complexity index is 841. The highest BCUT2D eigenvalue weighted by Crippen LogP contribution is 2.28. The molecule has 0 aliphatic heterocycles. The summed E-state index contributed by atoms with van der Waals surface area (Å²) in [5.74, 6) is 0.894. The number of nitrogens with one attached hydrogen (secondary N) is 1. The van der Waals surface area contributed by atoms with Crippen molar-refractivity contribution in [3.8, 4) is 11.4 Å². The molecule has 3 aromatic rings. The summed E-state index contributed by atoms with van der Waals surface area (Å²) in [6, 6.07) is 8.29. The lowest BCUT2D eigenvalue weighted by molar-refractivity contribution is 0.444. The molecule has 0 bridgehead atoms. The van der Waals surface area contributed by atoms with E-state index < -0.39 is 0 Å². The van der Waals surface area contributed by atoms with Gasteiger partial charge in [-0.2, -0.15) is 0 Å². The van der Waals surface area contributed by atoms with E-state index in [0.29, 0.717) is 11.1 Å². The summed E-state index contributed by atoms with van der Waals surface area (Å²) >= 11 is 9.67. The third-order valence-corrected chi connectivity index (χ3v) is 4.66. The Kier molecular flexibility index (Phi) is 3.54. The fourth-order valence-electron chi connectivity index (χ4n) is 2.61. The molecule has 1 saturated carbocycles. The molecule has 22 heavy (non-hydrogen) atoms. The Morgan fingerprint density at radius 1 is 1.27 bits per heavy atom. The molecule has 3 aromatic heterocycles. The van der Waals surface area contributed by atoms with Gasteiger partial charge in [-0.05, 0) is 43.5 Å². The van der Waals surface area contributed by atoms with Gasteiger partial charge >= 0.3 is 0 Å². The molecule has 4 rings (SSSR count). The minimum Gasteiger partial charge on any atom is -0.367 e. The van der Waals surface area contributed by atoms with E-state index in [9.17, 15) is 0 Å². The van der Waals surface area contributed by atoms with E-state index in [4.69, 9.17) is 16.6 Å². The first-order chi connectivity index (χ1) is 10.7. The molecule has 0 atom stereocenters. The number of aromatic nitrogens is 3. The minimum absolute atomic E-state index is 0.547. The Balaban J connectivity index is 1.78. The molecular weight excluding hydrogens is 364 g/mol. The van der Waals surface area contributed by atoms with Crippen LogP contribution in [0.1, 0.15) is 19.3 Å². The molecule has 3 heterocycles. The van der Waals surface area contributed by atoms with E-state index in [1.807, 2.05) is 41.1 Å². The molecule has 1 fully saturated rings. The summed E-state index contributed by atoms with van der Waals surface area (Å²) < 4.78 is 2.96. The summed E-state index contributed by atoms with van der Waals surface area (Å²) in [5.41, 5.74) is 2.65. The maximum atomic E-state index is 6.10. The highest BCUT2D eigenvalue weighted by molar-refractivity contribution is 9.10. The van der Waals surface area contributed by atoms with Gasteiger partial charge in [0.2, 0.25) is 0 Å². The maximum absolute atomic E-state index is 6.10. The first-order valence-electron chi connectivity index (χ1n) is 7.26. The second-order valence-corrected chi connectivity index (χ2v) is 6.90. The van der Waals surface area contributed by atoms with Crippen molar-refractivity contribution in [2.45, 2.75) is 25.3 Å². The highest BCUT2D eigenvalue weighted by atomic mass is 79.9. The molecule has 0 spiro atoms. The van der Waals surface area contributed by atoms with Crippen LogP contribution in [0.3, 0.4) is 0 Å². The zero-order chi connectivity index (χ0) is 15.1. The second-order valence-electron chi connectivity index (χ2n) is 5.55. The molecule has 112 valence electrons. The fourth-order valence-corrected chi connectivity index (χ4v) is 3.20. The Morgan fingerprint density at radius 2 is 2.14 bits per heavy atom. The number of halogens is 2. The lowest BCUT2D eigenvalue weighted by Gasteiger charge is -2.27. The summed E-state index contributed by atoms with van der Waals surface area (Å²) in [5, 5.41) is 4.16. The third-order valence-electron chi connectivity index (χ3n) is 3.98. The van der Waals surface area contributed by atoms with Gasteiger partial charge < -0.3 is 5.32 Å². The van der Waals surface area contributed by atoms with Crippen molar-refractivity contribution in [1.29, 1.82) is 0 Å². The van der Waals surface area contributed by atoms with Gasteiger partial charge in [-0.15, -0.1) is 0 Å². The van der Waals surface area contributed by atoms with Crippen LogP contribution in [-0.2, 0) is 0 Å². The second kappa shape index (κ2) is 5.56. The van der Waals surface area contributed by atoms with Crippen LogP contribution < -0.4 is 5.32 Å². The molecule has 1 N–H and O–H groups in total. The predicted octanol–water partition coefficient (Wildman–Crippen LogP) is 4.78. The third kappa shape index (κ3) is 2.59. The topological polar surface area (TPSA) is 42.2 Å². The molecule has 1 aliphatic carbocycles. The number of imidazole rings is 1. The van der Waals surface area contributed by atoms with Crippen LogP contribution in [0, 0.1) is 0 Å². The minimum atomic E-state index is 0.547. The number of hydrogen-bond acceptors (Lipinski definition) is 3. The van der Waals surface area contributed by atoms with E-state index >= 15 is 0 Å². The molecule has 0 amide bonds. The summed E-state index contributed by atoms with van der Waals surface area (Å²) in [6.07, 6.45) is 7.42. The molecule has 4 nitrogen and oxygen atoms in total. The average Bonchev–Trinajstić information content (AvgIpc) is 2.85. The van der Waals surface area contributed by atoms with Gasteiger partial charge in [-0.1, -0.05) is 27.5 Å². The molecule has 0 radical (unpaired) electrons. The van der Waals surface area contributed by atoms with Crippen molar-refractivity contribution < 1.29 is 0 Å². The molecular formula is C16H14BrClN4. The van der Waals surface area contributed by atoms with Gasteiger partial charge in [-0.25, -0.2) is 9.97 Å². The maximum Gasteiger partial charge on any atom is 0.137 e. The standard InChI is InChI=1S/C16H14BrClN4/c17-10-6-13(21-15(7-10)20-12-2-1-3-12)14-8-19-16-5-4-11(18)9-22(14)16/h4-9,12H,1-3H2,(H,20,21). The summed E-state index contributed by atoms with van der Waals surface area (Å²) in [4.78, 5) is 9.15. The van der Waals surface area contributed by atoms with Crippen LogP contribution in [-0.4, -0.2) is 20.4 Å². The van der Waals surface area contributed by atoms with Crippen LogP contribution in [0.4, 0.5) is 5.82 Å². The normalized spacial score (nSPS) is 15.0. The van der Waals surface area contributed by atoms with Crippen LogP contribution in [0.15, 0.2) is 41.1 Å². The van der Waals surface area contributed by atoms with E-state index in [1.165, 1.54) is 19.3 Å². The Labute approximate surface area is 141 Å². The van der Waals surface area contributed by atoms with Crippen molar-refractivity contribution in [3.05, 3.63) is 46.2 Å². The lowest BCUT2D eigenvalue weighted by atomic mass is 9.93. The molecule has 0 saturated heterocycles. The molecule has 6 heteroatoms. The fraction of sp³-hybridized carbons (Fsp3) is 0.250. The largest absolute Gasteiger partial charge is 0.367 e. The van der Waals surface area contributed by atoms with Crippen LogP contribution in [0.5, 0.6) is 0 Å². The van der Waals surface area contributed by atoms with Crippen LogP contribution >= 0.6 is 27.5 Å². The zero-order valence-electron chi connectivity index (χ0n) is 11.8. The smallest absolute Gasteiger partial charge is 0.137 e. The molecule has 0 unspecified atom stereocenters. The quantitative estimate of drug-likeness (QED) is 0.714. The van der Waals surface area contributed by atoms with Crippen LogP contribution in [0.2, 0.25) is 5.02 Å². The number of hydrogen-bond donors (Lipinski definition) is 1. The van der Waals surface area contributed by atoms with E-state index in [-0.39, 0.29) is 0 Å². The number of pyridine rings is 2. The highest BCUT2D eigenvalue weighted by Gasteiger charge is 2.18. The summed E-state index contributed by atoms with van der Waals surface area (Å²) in [7, 11) is 0. The van der Waals surface area contributed by atoms with Gasteiger partial charge in [0.1, 0.15) is 11.5 Å². The average molecular weight is 378 g/mol.